The van der Waals surface area contributed by atoms with Crippen LogP contribution in [0.5, 0.6) is 5.75 Å². The van der Waals surface area contributed by atoms with Gasteiger partial charge in [-0.05, 0) is 49.6 Å². The fourth-order valence-electron chi connectivity index (χ4n) is 3.15. The van der Waals surface area contributed by atoms with Gasteiger partial charge in [-0.1, -0.05) is 19.1 Å². The average Bonchev–Trinajstić information content (AvgIpc) is 2.68. The van der Waals surface area contributed by atoms with Gasteiger partial charge in [-0.3, -0.25) is 9.59 Å². The van der Waals surface area contributed by atoms with Crippen molar-refractivity contribution < 1.29 is 22.7 Å². The Morgan fingerprint density at radius 1 is 1.27 bits per heavy atom. The molecule has 160 valence electrons. The molecule has 8 nitrogen and oxygen atoms in total. The molecule has 0 bridgehead atoms. The lowest BCUT2D eigenvalue weighted by molar-refractivity contribution is -0.122. The highest BCUT2D eigenvalue weighted by Gasteiger charge is 2.30. The van der Waals surface area contributed by atoms with Crippen molar-refractivity contribution in [3.05, 3.63) is 47.5 Å². The topological polar surface area (TPSA) is 105 Å². The molecule has 0 saturated carbocycles. The highest BCUT2D eigenvalue weighted by Crippen LogP contribution is 2.35. The summed E-state index contributed by atoms with van der Waals surface area (Å²) >= 11 is 0. The Morgan fingerprint density at radius 2 is 2.00 bits per heavy atom. The second-order valence-corrected chi connectivity index (χ2v) is 9.24. The summed E-state index contributed by atoms with van der Waals surface area (Å²) in [6.07, 6.45) is 0.106. The number of sulfonamides is 1. The van der Waals surface area contributed by atoms with Gasteiger partial charge in [-0.25, -0.2) is 8.42 Å². The van der Waals surface area contributed by atoms with Crippen molar-refractivity contribution in [2.75, 3.05) is 24.2 Å². The Balaban J connectivity index is 1.78. The van der Waals surface area contributed by atoms with E-state index in [-0.39, 0.29) is 23.1 Å². The number of anilines is 2. The third-order valence-electron chi connectivity index (χ3n) is 4.88. The fraction of sp³-hybridized carbons (Fsp3) is 0.333. The molecule has 0 aliphatic carbocycles. The van der Waals surface area contributed by atoms with Gasteiger partial charge in [0.15, 0.2) is 6.10 Å². The number of fused-ring (bicyclic) bond motifs is 1. The van der Waals surface area contributed by atoms with Gasteiger partial charge in [0.25, 0.3) is 5.91 Å². The van der Waals surface area contributed by atoms with Gasteiger partial charge in [0.2, 0.25) is 15.9 Å². The molecule has 3 rings (SSSR count). The molecule has 2 aromatic rings. The lowest BCUT2D eigenvalue weighted by Gasteiger charge is -2.25. The van der Waals surface area contributed by atoms with Crippen LogP contribution in [0.3, 0.4) is 0 Å². The van der Waals surface area contributed by atoms with E-state index in [1.54, 1.807) is 26.0 Å². The summed E-state index contributed by atoms with van der Waals surface area (Å²) < 4.78 is 32.7. The van der Waals surface area contributed by atoms with Crippen molar-refractivity contribution in [3.63, 3.8) is 0 Å². The number of hydrogen-bond acceptors (Lipinski definition) is 5. The molecule has 0 saturated heterocycles. The second kappa shape index (κ2) is 8.45. The maximum atomic E-state index is 13.1. The highest BCUT2D eigenvalue weighted by molar-refractivity contribution is 7.89. The van der Waals surface area contributed by atoms with E-state index in [9.17, 15) is 18.0 Å². The molecular formula is C21H25N3O5S. The molecule has 1 unspecified atom stereocenters. The first-order valence-electron chi connectivity index (χ1n) is 9.59. The summed E-state index contributed by atoms with van der Waals surface area (Å²) in [7, 11) is -2.61. The van der Waals surface area contributed by atoms with Crippen LogP contribution in [0.15, 0.2) is 41.3 Å². The van der Waals surface area contributed by atoms with Crippen molar-refractivity contribution in [2.45, 2.75) is 38.2 Å². The molecule has 0 radical (unpaired) electrons. The molecule has 30 heavy (non-hydrogen) atoms. The van der Waals surface area contributed by atoms with Crippen LogP contribution in [-0.4, -0.2) is 44.2 Å². The van der Waals surface area contributed by atoms with Crippen LogP contribution >= 0.6 is 0 Å². The van der Waals surface area contributed by atoms with Crippen molar-refractivity contribution >= 4 is 33.2 Å². The van der Waals surface area contributed by atoms with Crippen LogP contribution in [-0.2, 0) is 26.0 Å². The van der Waals surface area contributed by atoms with E-state index in [1.165, 1.54) is 13.1 Å². The Bertz CT molecular complexity index is 1100. The van der Waals surface area contributed by atoms with E-state index in [0.29, 0.717) is 16.9 Å². The molecule has 0 aromatic heterocycles. The number of rotatable bonds is 6. The number of hydrogen-bond donors (Lipinski definition) is 2. The highest BCUT2D eigenvalue weighted by atomic mass is 32.2. The van der Waals surface area contributed by atoms with Gasteiger partial charge in [0.05, 0.1) is 17.1 Å². The van der Waals surface area contributed by atoms with Crippen molar-refractivity contribution in [1.29, 1.82) is 0 Å². The monoisotopic (exact) mass is 431 g/mol. The summed E-state index contributed by atoms with van der Waals surface area (Å²) in [5, 5.41) is 5.42. The number of benzene rings is 2. The Labute approximate surface area is 176 Å². The number of likely N-dealkylation sites (N-methyl/N-ethyl adjacent to an activating group) is 1. The first-order valence-corrected chi connectivity index (χ1v) is 11.0. The number of nitrogens with zero attached hydrogens (tertiary/aromatic N) is 1. The molecule has 2 N–H and O–H groups in total. The Kier molecular flexibility index (Phi) is 6.14. The SMILES string of the molecule is CCc1cccc(NC(=O)CN(C)S(=O)(=O)c2cc3c(cc2C)NC(=O)C(C)O3)c1. The molecule has 0 spiro atoms. The summed E-state index contributed by atoms with van der Waals surface area (Å²) in [5.41, 5.74) is 2.55. The van der Waals surface area contributed by atoms with Gasteiger partial charge < -0.3 is 15.4 Å². The minimum Gasteiger partial charge on any atom is -0.479 e. The zero-order chi connectivity index (χ0) is 22.1. The standard InChI is InChI=1S/C21H25N3O5S/c1-5-15-7-6-8-16(10-15)22-20(25)12-24(4)30(27,28)19-11-18-17(9-13(19)2)23-21(26)14(3)29-18/h6-11,14H,5,12H2,1-4H3,(H,22,25)(H,23,26). The van der Waals surface area contributed by atoms with E-state index in [1.807, 2.05) is 25.1 Å². The minimum absolute atomic E-state index is 0.0212. The average molecular weight is 432 g/mol. The molecule has 1 heterocycles. The molecule has 1 aliphatic rings. The molecule has 9 heteroatoms. The second-order valence-electron chi connectivity index (χ2n) is 7.23. The van der Waals surface area contributed by atoms with Gasteiger partial charge in [0.1, 0.15) is 5.75 Å². The number of carbonyl (C=O) groups is 2. The summed E-state index contributed by atoms with van der Waals surface area (Å²) in [4.78, 5) is 24.2. The molecular weight excluding hydrogens is 406 g/mol. The van der Waals surface area contributed by atoms with E-state index in [4.69, 9.17) is 4.74 Å². The van der Waals surface area contributed by atoms with Crippen molar-refractivity contribution in [2.24, 2.45) is 0 Å². The summed E-state index contributed by atoms with van der Waals surface area (Å²) in [5.74, 6) is -0.457. The molecule has 1 atom stereocenters. The zero-order valence-electron chi connectivity index (χ0n) is 17.4. The predicted octanol–water partition coefficient (Wildman–Crippen LogP) is 2.54. The smallest absolute Gasteiger partial charge is 0.265 e. The van der Waals surface area contributed by atoms with Gasteiger partial charge in [-0.15, -0.1) is 0 Å². The van der Waals surface area contributed by atoms with E-state index in [2.05, 4.69) is 10.6 Å². The number of carbonyl (C=O) groups excluding carboxylic acids is 2. The zero-order valence-corrected chi connectivity index (χ0v) is 18.2. The normalized spacial score (nSPS) is 15.9. The molecule has 2 amide bonds. The first-order chi connectivity index (χ1) is 14.1. The largest absolute Gasteiger partial charge is 0.479 e. The predicted molar refractivity (Wildman–Crippen MR) is 114 cm³/mol. The quantitative estimate of drug-likeness (QED) is 0.731. The number of aryl methyl sites for hydroxylation is 2. The fourth-order valence-corrected chi connectivity index (χ4v) is 4.49. The van der Waals surface area contributed by atoms with Crippen LogP contribution in [0.4, 0.5) is 11.4 Å². The van der Waals surface area contributed by atoms with E-state index >= 15 is 0 Å². The van der Waals surface area contributed by atoms with Crippen LogP contribution in [0.2, 0.25) is 0 Å². The van der Waals surface area contributed by atoms with Crippen molar-refractivity contribution in [3.8, 4) is 5.75 Å². The van der Waals surface area contributed by atoms with E-state index in [0.717, 1.165) is 16.3 Å². The van der Waals surface area contributed by atoms with Gasteiger partial charge in [0, 0.05) is 18.8 Å². The maximum Gasteiger partial charge on any atom is 0.265 e. The lowest BCUT2D eigenvalue weighted by atomic mass is 10.1. The van der Waals surface area contributed by atoms with E-state index < -0.39 is 22.0 Å². The van der Waals surface area contributed by atoms with Gasteiger partial charge >= 0.3 is 0 Å². The Morgan fingerprint density at radius 3 is 2.70 bits per heavy atom. The number of nitrogens with one attached hydrogen (secondary N) is 2. The Hall–Kier alpha value is -2.91. The van der Waals surface area contributed by atoms with Crippen LogP contribution in [0, 0.1) is 6.92 Å². The minimum atomic E-state index is -3.95. The molecule has 1 aliphatic heterocycles. The van der Waals surface area contributed by atoms with Gasteiger partial charge in [-0.2, -0.15) is 4.31 Å². The lowest BCUT2D eigenvalue weighted by Crippen LogP contribution is -2.36. The van der Waals surface area contributed by atoms with Crippen LogP contribution in [0.25, 0.3) is 0 Å². The maximum absolute atomic E-state index is 13.1. The summed E-state index contributed by atoms with van der Waals surface area (Å²) in [6.45, 7) is 4.87. The summed E-state index contributed by atoms with van der Waals surface area (Å²) in [6, 6.07) is 10.3. The van der Waals surface area contributed by atoms with Crippen LogP contribution < -0.4 is 15.4 Å². The van der Waals surface area contributed by atoms with Crippen molar-refractivity contribution in [1.82, 2.24) is 4.31 Å². The van der Waals surface area contributed by atoms with Crippen LogP contribution in [0.1, 0.15) is 25.0 Å². The third kappa shape index (κ3) is 4.47. The molecule has 2 aromatic carbocycles. The number of amides is 2. The first kappa shape index (κ1) is 21.8. The molecule has 0 fully saturated rings. The number of ether oxygens (including phenoxy) is 1. The third-order valence-corrected chi connectivity index (χ3v) is 6.83.